The van der Waals surface area contributed by atoms with Gasteiger partial charge in [-0.2, -0.15) is 0 Å². The van der Waals surface area contributed by atoms with Gasteiger partial charge in [0.2, 0.25) is 5.91 Å². The first kappa shape index (κ1) is 15.5. The standard InChI is InChI=1S/C16H23N3O2/c1-12-10-19(16(2,3)11-18-12)14(20)9-17-15(21)13-7-5-4-6-8-13/h4-8,12,18H,9-11H2,1-3H3,(H,17,21). The summed E-state index contributed by atoms with van der Waals surface area (Å²) in [7, 11) is 0. The Balaban J connectivity index is 1.93. The van der Waals surface area contributed by atoms with Gasteiger partial charge in [-0.3, -0.25) is 9.59 Å². The summed E-state index contributed by atoms with van der Waals surface area (Å²) in [5.74, 6) is -0.262. The minimum Gasteiger partial charge on any atom is -0.343 e. The number of carbonyl (C=O) groups is 2. The second-order valence-corrected chi connectivity index (χ2v) is 6.15. The third-order valence-electron chi connectivity index (χ3n) is 3.81. The highest BCUT2D eigenvalue weighted by Crippen LogP contribution is 2.18. The van der Waals surface area contributed by atoms with Crippen LogP contribution in [0, 0.1) is 0 Å². The van der Waals surface area contributed by atoms with Gasteiger partial charge in [0.05, 0.1) is 6.54 Å². The zero-order chi connectivity index (χ0) is 15.5. The van der Waals surface area contributed by atoms with E-state index in [0.29, 0.717) is 12.1 Å². The Bertz CT molecular complexity index is 514. The van der Waals surface area contributed by atoms with E-state index in [-0.39, 0.29) is 29.9 Å². The molecule has 5 heteroatoms. The van der Waals surface area contributed by atoms with Crippen LogP contribution in [0.15, 0.2) is 30.3 Å². The molecule has 0 aromatic heterocycles. The Kier molecular flexibility index (Phi) is 4.63. The molecule has 21 heavy (non-hydrogen) atoms. The lowest BCUT2D eigenvalue weighted by Gasteiger charge is -2.45. The van der Waals surface area contributed by atoms with Crippen molar-refractivity contribution in [1.29, 1.82) is 0 Å². The van der Waals surface area contributed by atoms with Crippen LogP contribution in [-0.2, 0) is 4.79 Å². The summed E-state index contributed by atoms with van der Waals surface area (Å²) in [4.78, 5) is 26.2. The van der Waals surface area contributed by atoms with Gasteiger partial charge in [0, 0.05) is 30.2 Å². The molecule has 0 saturated carbocycles. The zero-order valence-corrected chi connectivity index (χ0v) is 12.8. The Morgan fingerprint density at radius 2 is 2.00 bits per heavy atom. The maximum atomic E-state index is 12.4. The lowest BCUT2D eigenvalue weighted by Crippen LogP contribution is -2.64. The summed E-state index contributed by atoms with van der Waals surface area (Å²) in [6, 6.07) is 9.20. The van der Waals surface area contributed by atoms with Gasteiger partial charge in [0.25, 0.3) is 5.91 Å². The van der Waals surface area contributed by atoms with Crippen molar-refractivity contribution in [2.24, 2.45) is 0 Å². The van der Waals surface area contributed by atoms with Crippen LogP contribution in [0.1, 0.15) is 31.1 Å². The van der Waals surface area contributed by atoms with Crippen LogP contribution in [-0.4, -0.2) is 47.9 Å². The smallest absolute Gasteiger partial charge is 0.251 e. The van der Waals surface area contributed by atoms with E-state index in [1.807, 2.05) is 24.8 Å². The Labute approximate surface area is 125 Å². The van der Waals surface area contributed by atoms with Crippen molar-refractivity contribution >= 4 is 11.8 Å². The molecular formula is C16H23N3O2. The van der Waals surface area contributed by atoms with Crippen molar-refractivity contribution < 1.29 is 9.59 Å². The van der Waals surface area contributed by atoms with Crippen LogP contribution in [0.4, 0.5) is 0 Å². The molecule has 0 spiro atoms. The van der Waals surface area contributed by atoms with Gasteiger partial charge in [0.1, 0.15) is 0 Å². The van der Waals surface area contributed by atoms with Crippen LogP contribution in [0.25, 0.3) is 0 Å². The summed E-state index contributed by atoms with van der Waals surface area (Å²) in [6.07, 6.45) is 0. The molecule has 5 nitrogen and oxygen atoms in total. The molecule has 1 aliphatic heterocycles. The van der Waals surface area contributed by atoms with Gasteiger partial charge in [-0.05, 0) is 32.9 Å². The third kappa shape index (κ3) is 3.82. The van der Waals surface area contributed by atoms with E-state index >= 15 is 0 Å². The fourth-order valence-electron chi connectivity index (χ4n) is 2.49. The molecule has 1 unspecified atom stereocenters. The zero-order valence-electron chi connectivity index (χ0n) is 12.8. The molecule has 1 atom stereocenters. The molecule has 114 valence electrons. The lowest BCUT2D eigenvalue weighted by molar-refractivity contribution is -0.137. The maximum absolute atomic E-state index is 12.4. The first-order chi connectivity index (χ1) is 9.90. The fourth-order valence-corrected chi connectivity index (χ4v) is 2.49. The minimum atomic E-state index is -0.235. The van der Waals surface area contributed by atoms with E-state index in [9.17, 15) is 9.59 Å². The molecule has 2 N–H and O–H groups in total. The average Bonchev–Trinajstić information content (AvgIpc) is 2.48. The SMILES string of the molecule is CC1CN(C(=O)CNC(=O)c2ccccc2)C(C)(C)CN1. The molecule has 1 fully saturated rings. The highest BCUT2D eigenvalue weighted by Gasteiger charge is 2.35. The van der Waals surface area contributed by atoms with E-state index in [1.54, 1.807) is 24.3 Å². The van der Waals surface area contributed by atoms with Crippen LogP contribution in [0.5, 0.6) is 0 Å². The van der Waals surface area contributed by atoms with E-state index in [1.165, 1.54) is 0 Å². The Morgan fingerprint density at radius 1 is 1.33 bits per heavy atom. The van der Waals surface area contributed by atoms with Crippen LogP contribution in [0.3, 0.4) is 0 Å². The van der Waals surface area contributed by atoms with Crippen LogP contribution in [0.2, 0.25) is 0 Å². The highest BCUT2D eigenvalue weighted by molar-refractivity contribution is 5.96. The largest absolute Gasteiger partial charge is 0.343 e. The van der Waals surface area contributed by atoms with Gasteiger partial charge < -0.3 is 15.5 Å². The van der Waals surface area contributed by atoms with Gasteiger partial charge in [0.15, 0.2) is 0 Å². The summed E-state index contributed by atoms with van der Waals surface area (Å²) in [5, 5.41) is 6.06. The molecule has 2 amide bonds. The molecule has 1 saturated heterocycles. The number of benzene rings is 1. The van der Waals surface area contributed by atoms with Crippen molar-refractivity contribution in [3.05, 3.63) is 35.9 Å². The number of nitrogens with zero attached hydrogens (tertiary/aromatic N) is 1. The topological polar surface area (TPSA) is 61.4 Å². The average molecular weight is 289 g/mol. The summed E-state index contributed by atoms with van der Waals surface area (Å²) < 4.78 is 0. The van der Waals surface area contributed by atoms with E-state index in [2.05, 4.69) is 17.6 Å². The summed E-state index contributed by atoms with van der Waals surface area (Å²) in [6.45, 7) is 7.56. The van der Waals surface area contributed by atoms with Crippen molar-refractivity contribution in [3.63, 3.8) is 0 Å². The Morgan fingerprint density at radius 3 is 2.67 bits per heavy atom. The summed E-state index contributed by atoms with van der Waals surface area (Å²) >= 11 is 0. The molecule has 1 aliphatic rings. The van der Waals surface area contributed by atoms with Crippen LogP contribution < -0.4 is 10.6 Å². The molecule has 2 rings (SSSR count). The molecule has 0 radical (unpaired) electrons. The Hall–Kier alpha value is -1.88. The number of nitrogens with one attached hydrogen (secondary N) is 2. The number of hydrogen-bond acceptors (Lipinski definition) is 3. The maximum Gasteiger partial charge on any atom is 0.251 e. The van der Waals surface area contributed by atoms with Crippen molar-refractivity contribution in [2.45, 2.75) is 32.4 Å². The molecule has 1 heterocycles. The number of rotatable bonds is 3. The molecular weight excluding hydrogens is 266 g/mol. The van der Waals surface area contributed by atoms with Crippen molar-refractivity contribution in [3.8, 4) is 0 Å². The predicted octanol–water partition coefficient (Wildman–Crippen LogP) is 1.02. The fraction of sp³-hybridized carbons (Fsp3) is 0.500. The first-order valence-electron chi connectivity index (χ1n) is 7.27. The van der Waals surface area contributed by atoms with E-state index in [0.717, 1.165) is 6.54 Å². The molecule has 0 bridgehead atoms. The molecule has 0 aliphatic carbocycles. The van der Waals surface area contributed by atoms with E-state index in [4.69, 9.17) is 0 Å². The second-order valence-electron chi connectivity index (χ2n) is 6.15. The lowest BCUT2D eigenvalue weighted by atomic mass is 9.97. The number of piperazine rings is 1. The van der Waals surface area contributed by atoms with Gasteiger partial charge in [-0.25, -0.2) is 0 Å². The molecule has 1 aromatic rings. The quantitative estimate of drug-likeness (QED) is 0.873. The van der Waals surface area contributed by atoms with Crippen LogP contribution >= 0.6 is 0 Å². The predicted molar refractivity (Wildman–Crippen MR) is 82.0 cm³/mol. The van der Waals surface area contributed by atoms with Gasteiger partial charge in [-0.15, -0.1) is 0 Å². The van der Waals surface area contributed by atoms with Crippen molar-refractivity contribution in [2.75, 3.05) is 19.6 Å². The number of hydrogen-bond donors (Lipinski definition) is 2. The number of carbonyl (C=O) groups excluding carboxylic acids is 2. The van der Waals surface area contributed by atoms with Crippen molar-refractivity contribution in [1.82, 2.24) is 15.5 Å². The number of amides is 2. The minimum absolute atomic E-state index is 0.0316. The van der Waals surface area contributed by atoms with E-state index < -0.39 is 0 Å². The van der Waals surface area contributed by atoms with Gasteiger partial charge >= 0.3 is 0 Å². The normalized spacial score (nSPS) is 20.9. The highest BCUT2D eigenvalue weighted by atomic mass is 16.2. The third-order valence-corrected chi connectivity index (χ3v) is 3.81. The van der Waals surface area contributed by atoms with Gasteiger partial charge in [-0.1, -0.05) is 18.2 Å². The summed E-state index contributed by atoms with van der Waals surface area (Å²) in [5.41, 5.74) is 0.333. The first-order valence-corrected chi connectivity index (χ1v) is 7.27. The second kappa shape index (κ2) is 6.26. The monoisotopic (exact) mass is 289 g/mol. The molecule has 1 aromatic carbocycles.